The molecule has 4 heteroatoms. The monoisotopic (exact) mass is 284 g/mol. The van der Waals surface area contributed by atoms with Crippen LogP contribution in [0.4, 0.5) is 5.69 Å². The van der Waals surface area contributed by atoms with Crippen molar-refractivity contribution in [2.24, 2.45) is 0 Å². The van der Waals surface area contributed by atoms with Crippen molar-refractivity contribution in [3.05, 3.63) is 59.2 Å². The lowest BCUT2D eigenvalue weighted by Crippen LogP contribution is -2.28. The molecule has 0 spiro atoms. The summed E-state index contributed by atoms with van der Waals surface area (Å²) < 4.78 is 5.53. The van der Waals surface area contributed by atoms with Gasteiger partial charge in [-0.3, -0.25) is 4.79 Å². The van der Waals surface area contributed by atoms with Gasteiger partial charge in [0.05, 0.1) is 6.54 Å². The third-order valence-corrected chi connectivity index (χ3v) is 3.39. The van der Waals surface area contributed by atoms with Gasteiger partial charge in [-0.05, 0) is 55.3 Å². The predicted octanol–water partition coefficient (Wildman–Crippen LogP) is 2.69. The SMILES string of the molecule is Cc1cccc(C(=O)NCCOc2ccc(N)cc2)c1C. The number of benzene rings is 2. The first-order valence-corrected chi connectivity index (χ1v) is 6.90. The molecule has 0 atom stereocenters. The smallest absolute Gasteiger partial charge is 0.251 e. The largest absolute Gasteiger partial charge is 0.492 e. The van der Waals surface area contributed by atoms with Crippen LogP contribution in [-0.2, 0) is 0 Å². The Balaban J connectivity index is 1.82. The molecule has 2 aromatic rings. The summed E-state index contributed by atoms with van der Waals surface area (Å²) in [5.41, 5.74) is 9.13. The Labute approximate surface area is 124 Å². The molecule has 1 amide bonds. The number of aryl methyl sites for hydroxylation is 1. The van der Waals surface area contributed by atoms with E-state index in [1.165, 1.54) is 0 Å². The van der Waals surface area contributed by atoms with E-state index in [1.54, 1.807) is 12.1 Å². The molecule has 0 bridgehead atoms. The van der Waals surface area contributed by atoms with E-state index in [0.717, 1.165) is 16.9 Å². The van der Waals surface area contributed by atoms with E-state index in [9.17, 15) is 4.79 Å². The second-order valence-electron chi connectivity index (χ2n) is 4.92. The number of hydrogen-bond donors (Lipinski definition) is 2. The van der Waals surface area contributed by atoms with Crippen molar-refractivity contribution in [3.8, 4) is 5.75 Å². The number of nitrogens with one attached hydrogen (secondary N) is 1. The van der Waals surface area contributed by atoms with Gasteiger partial charge in [0.15, 0.2) is 0 Å². The standard InChI is InChI=1S/C17H20N2O2/c1-12-4-3-5-16(13(12)2)17(20)19-10-11-21-15-8-6-14(18)7-9-15/h3-9H,10-11,18H2,1-2H3,(H,19,20). The third kappa shape index (κ3) is 3.99. The highest BCUT2D eigenvalue weighted by molar-refractivity contribution is 5.95. The predicted molar refractivity (Wildman–Crippen MR) is 84.6 cm³/mol. The minimum absolute atomic E-state index is 0.0721. The molecule has 0 aliphatic carbocycles. The van der Waals surface area contributed by atoms with E-state index in [-0.39, 0.29) is 5.91 Å². The van der Waals surface area contributed by atoms with Gasteiger partial charge in [0, 0.05) is 11.3 Å². The molecule has 4 nitrogen and oxygen atoms in total. The van der Waals surface area contributed by atoms with E-state index in [0.29, 0.717) is 24.4 Å². The highest BCUT2D eigenvalue weighted by Gasteiger charge is 2.09. The van der Waals surface area contributed by atoms with Crippen molar-refractivity contribution in [2.75, 3.05) is 18.9 Å². The maximum absolute atomic E-state index is 12.1. The van der Waals surface area contributed by atoms with Crippen LogP contribution in [0.3, 0.4) is 0 Å². The van der Waals surface area contributed by atoms with Crippen LogP contribution in [0, 0.1) is 13.8 Å². The minimum atomic E-state index is -0.0721. The fourth-order valence-corrected chi connectivity index (χ4v) is 1.99. The lowest BCUT2D eigenvalue weighted by Gasteiger charge is -2.10. The van der Waals surface area contributed by atoms with Gasteiger partial charge in [-0.15, -0.1) is 0 Å². The lowest BCUT2D eigenvalue weighted by molar-refractivity contribution is 0.0946. The quantitative estimate of drug-likeness (QED) is 0.655. The summed E-state index contributed by atoms with van der Waals surface area (Å²) in [5, 5.41) is 2.86. The molecule has 21 heavy (non-hydrogen) atoms. The molecule has 0 radical (unpaired) electrons. The van der Waals surface area contributed by atoms with Gasteiger partial charge in [-0.2, -0.15) is 0 Å². The normalized spacial score (nSPS) is 10.2. The Morgan fingerprint density at radius 1 is 1.14 bits per heavy atom. The summed E-state index contributed by atoms with van der Waals surface area (Å²) in [7, 11) is 0. The second kappa shape index (κ2) is 6.79. The van der Waals surface area contributed by atoms with Gasteiger partial charge in [-0.25, -0.2) is 0 Å². The minimum Gasteiger partial charge on any atom is -0.492 e. The van der Waals surface area contributed by atoms with Crippen LogP contribution >= 0.6 is 0 Å². The Kier molecular flexibility index (Phi) is 4.82. The average molecular weight is 284 g/mol. The fraction of sp³-hybridized carbons (Fsp3) is 0.235. The number of rotatable bonds is 5. The first kappa shape index (κ1) is 14.9. The van der Waals surface area contributed by atoms with Crippen LogP contribution in [0.2, 0.25) is 0 Å². The lowest BCUT2D eigenvalue weighted by atomic mass is 10.0. The van der Waals surface area contributed by atoms with E-state index in [4.69, 9.17) is 10.5 Å². The van der Waals surface area contributed by atoms with Crippen molar-refractivity contribution in [2.45, 2.75) is 13.8 Å². The molecule has 0 unspecified atom stereocenters. The van der Waals surface area contributed by atoms with Gasteiger partial charge in [0.1, 0.15) is 12.4 Å². The summed E-state index contributed by atoms with van der Waals surface area (Å²) in [6, 6.07) is 12.9. The zero-order valence-electron chi connectivity index (χ0n) is 12.3. The van der Waals surface area contributed by atoms with Crippen LogP contribution in [-0.4, -0.2) is 19.1 Å². The first-order chi connectivity index (χ1) is 10.1. The fourth-order valence-electron chi connectivity index (χ4n) is 1.99. The number of ether oxygens (including phenoxy) is 1. The number of carbonyl (C=O) groups is 1. The number of hydrogen-bond acceptors (Lipinski definition) is 3. The van der Waals surface area contributed by atoms with Gasteiger partial charge in [0.25, 0.3) is 5.91 Å². The van der Waals surface area contributed by atoms with Gasteiger partial charge < -0.3 is 15.8 Å². The molecule has 0 aliphatic heterocycles. The molecule has 0 saturated heterocycles. The Morgan fingerprint density at radius 2 is 1.86 bits per heavy atom. The molecule has 0 aliphatic rings. The van der Waals surface area contributed by atoms with Gasteiger partial charge in [-0.1, -0.05) is 12.1 Å². The van der Waals surface area contributed by atoms with Gasteiger partial charge >= 0.3 is 0 Å². The van der Waals surface area contributed by atoms with Crippen molar-refractivity contribution >= 4 is 11.6 Å². The number of nitrogen functional groups attached to an aromatic ring is 1. The summed E-state index contributed by atoms with van der Waals surface area (Å²) in [6.07, 6.45) is 0. The van der Waals surface area contributed by atoms with Crippen LogP contribution < -0.4 is 15.8 Å². The van der Waals surface area contributed by atoms with Crippen LogP contribution in [0.25, 0.3) is 0 Å². The molecule has 0 saturated carbocycles. The molecular formula is C17H20N2O2. The number of carbonyl (C=O) groups excluding carboxylic acids is 1. The number of nitrogens with two attached hydrogens (primary N) is 1. The van der Waals surface area contributed by atoms with Crippen molar-refractivity contribution in [1.82, 2.24) is 5.32 Å². The van der Waals surface area contributed by atoms with Crippen LogP contribution in [0.5, 0.6) is 5.75 Å². The molecular weight excluding hydrogens is 264 g/mol. The van der Waals surface area contributed by atoms with Gasteiger partial charge in [0.2, 0.25) is 0 Å². The van der Waals surface area contributed by atoms with E-state index in [1.807, 2.05) is 44.2 Å². The maximum atomic E-state index is 12.1. The zero-order valence-corrected chi connectivity index (χ0v) is 12.3. The number of anilines is 1. The first-order valence-electron chi connectivity index (χ1n) is 6.90. The molecule has 0 aromatic heterocycles. The highest BCUT2D eigenvalue weighted by Crippen LogP contribution is 2.13. The molecule has 2 aromatic carbocycles. The second-order valence-corrected chi connectivity index (χ2v) is 4.92. The molecule has 3 N–H and O–H groups in total. The molecule has 2 rings (SSSR count). The molecule has 0 heterocycles. The van der Waals surface area contributed by atoms with Crippen LogP contribution in [0.1, 0.15) is 21.5 Å². The van der Waals surface area contributed by atoms with E-state index >= 15 is 0 Å². The van der Waals surface area contributed by atoms with Crippen molar-refractivity contribution < 1.29 is 9.53 Å². The summed E-state index contributed by atoms with van der Waals surface area (Å²) in [4.78, 5) is 12.1. The summed E-state index contributed by atoms with van der Waals surface area (Å²) in [6.45, 7) is 4.82. The Bertz CT molecular complexity index is 621. The number of amides is 1. The van der Waals surface area contributed by atoms with Crippen molar-refractivity contribution in [3.63, 3.8) is 0 Å². The zero-order chi connectivity index (χ0) is 15.2. The molecule has 0 fully saturated rings. The average Bonchev–Trinajstić information content (AvgIpc) is 2.48. The third-order valence-electron chi connectivity index (χ3n) is 3.39. The highest BCUT2D eigenvalue weighted by atomic mass is 16.5. The van der Waals surface area contributed by atoms with E-state index < -0.39 is 0 Å². The van der Waals surface area contributed by atoms with Crippen molar-refractivity contribution in [1.29, 1.82) is 0 Å². The Morgan fingerprint density at radius 3 is 2.57 bits per heavy atom. The molecule has 110 valence electrons. The summed E-state index contributed by atoms with van der Waals surface area (Å²) in [5.74, 6) is 0.669. The van der Waals surface area contributed by atoms with Crippen LogP contribution in [0.15, 0.2) is 42.5 Å². The topological polar surface area (TPSA) is 64.3 Å². The maximum Gasteiger partial charge on any atom is 0.251 e. The Hall–Kier alpha value is -2.49. The summed E-state index contributed by atoms with van der Waals surface area (Å²) >= 11 is 0. The van der Waals surface area contributed by atoms with E-state index in [2.05, 4.69) is 5.32 Å².